The third-order valence-electron chi connectivity index (χ3n) is 3.95. The summed E-state index contributed by atoms with van der Waals surface area (Å²) >= 11 is 0. The van der Waals surface area contributed by atoms with Crippen LogP contribution in [0, 0.1) is 18.8 Å². The van der Waals surface area contributed by atoms with Gasteiger partial charge in [0.2, 0.25) is 0 Å². The van der Waals surface area contributed by atoms with Crippen molar-refractivity contribution in [1.29, 1.82) is 0 Å². The standard InChI is InChI=1S/C22H15N/c1-16-11-13-19-15-18(14-12-17-7-3-2-4-8-17)20-9-5-6-10-21(20)22(19)23-16/h2-11,13,15H,1H3. The van der Waals surface area contributed by atoms with E-state index < -0.39 is 0 Å². The highest BCUT2D eigenvalue weighted by Gasteiger charge is 2.06. The van der Waals surface area contributed by atoms with Crippen LogP contribution >= 0.6 is 0 Å². The van der Waals surface area contributed by atoms with Gasteiger partial charge >= 0.3 is 0 Å². The van der Waals surface area contributed by atoms with Crippen LogP contribution in [0.4, 0.5) is 0 Å². The van der Waals surface area contributed by atoms with Crippen molar-refractivity contribution in [2.75, 3.05) is 0 Å². The molecule has 0 amide bonds. The lowest BCUT2D eigenvalue weighted by Gasteiger charge is -2.06. The molecule has 4 rings (SSSR count). The lowest BCUT2D eigenvalue weighted by molar-refractivity contribution is 1.26. The van der Waals surface area contributed by atoms with Gasteiger partial charge in [-0.1, -0.05) is 60.4 Å². The van der Waals surface area contributed by atoms with Crippen molar-refractivity contribution in [3.63, 3.8) is 0 Å². The lowest BCUT2D eigenvalue weighted by atomic mass is 10.00. The van der Waals surface area contributed by atoms with Crippen molar-refractivity contribution < 1.29 is 0 Å². The Morgan fingerprint density at radius 3 is 2.30 bits per heavy atom. The Morgan fingerprint density at radius 2 is 1.48 bits per heavy atom. The summed E-state index contributed by atoms with van der Waals surface area (Å²) in [6.45, 7) is 2.03. The summed E-state index contributed by atoms with van der Waals surface area (Å²) in [5, 5.41) is 3.44. The number of aromatic nitrogens is 1. The molecule has 0 N–H and O–H groups in total. The molecule has 0 aliphatic heterocycles. The normalized spacial score (nSPS) is 10.5. The van der Waals surface area contributed by atoms with Crippen LogP contribution in [0.3, 0.4) is 0 Å². The van der Waals surface area contributed by atoms with Crippen LogP contribution in [0.15, 0.2) is 72.8 Å². The zero-order valence-electron chi connectivity index (χ0n) is 12.9. The number of hydrogen-bond donors (Lipinski definition) is 0. The van der Waals surface area contributed by atoms with E-state index in [1.54, 1.807) is 0 Å². The first-order valence-electron chi connectivity index (χ1n) is 7.67. The molecule has 1 aromatic heterocycles. The number of nitrogens with zero attached hydrogens (tertiary/aromatic N) is 1. The molecule has 0 spiro atoms. The van der Waals surface area contributed by atoms with Crippen molar-refractivity contribution in [1.82, 2.24) is 4.98 Å². The Bertz CT molecular complexity index is 1070. The van der Waals surface area contributed by atoms with Crippen LogP contribution in [0.2, 0.25) is 0 Å². The number of rotatable bonds is 0. The Morgan fingerprint density at radius 1 is 0.739 bits per heavy atom. The molecule has 1 heterocycles. The molecule has 4 aromatic rings. The zero-order chi connectivity index (χ0) is 15.6. The highest BCUT2D eigenvalue weighted by Crippen LogP contribution is 2.27. The Balaban J connectivity index is 1.99. The predicted molar refractivity (Wildman–Crippen MR) is 96.4 cm³/mol. The summed E-state index contributed by atoms with van der Waals surface area (Å²) in [4.78, 5) is 4.72. The molecule has 0 bridgehead atoms. The van der Waals surface area contributed by atoms with Crippen molar-refractivity contribution in [2.45, 2.75) is 6.92 Å². The molecule has 0 unspecified atom stereocenters. The van der Waals surface area contributed by atoms with Crippen LogP contribution in [0.1, 0.15) is 16.8 Å². The maximum absolute atomic E-state index is 4.72. The van der Waals surface area contributed by atoms with Crippen LogP contribution in [0.5, 0.6) is 0 Å². The quantitative estimate of drug-likeness (QED) is 0.325. The maximum Gasteiger partial charge on any atom is 0.0784 e. The molecule has 0 fully saturated rings. The van der Waals surface area contributed by atoms with Gasteiger partial charge in [-0.25, -0.2) is 0 Å². The van der Waals surface area contributed by atoms with E-state index in [0.717, 1.165) is 38.5 Å². The van der Waals surface area contributed by atoms with Crippen LogP contribution in [0.25, 0.3) is 21.7 Å². The second kappa shape index (κ2) is 5.59. The van der Waals surface area contributed by atoms with E-state index in [2.05, 4.69) is 48.2 Å². The molecular weight excluding hydrogens is 278 g/mol. The topological polar surface area (TPSA) is 12.9 Å². The van der Waals surface area contributed by atoms with E-state index in [0.29, 0.717) is 0 Å². The van der Waals surface area contributed by atoms with Crippen LogP contribution in [-0.4, -0.2) is 4.98 Å². The van der Waals surface area contributed by atoms with Crippen molar-refractivity contribution in [2.24, 2.45) is 0 Å². The molecule has 1 heteroatoms. The monoisotopic (exact) mass is 293 g/mol. The predicted octanol–water partition coefficient (Wildman–Crippen LogP) is 5.10. The molecule has 0 saturated carbocycles. The van der Waals surface area contributed by atoms with Crippen LogP contribution < -0.4 is 0 Å². The van der Waals surface area contributed by atoms with Gasteiger partial charge in [0.1, 0.15) is 0 Å². The molecule has 0 saturated heterocycles. The number of benzene rings is 3. The SMILES string of the molecule is Cc1ccc2cc(C#Cc3ccccc3)c3ccccc3c2n1. The summed E-state index contributed by atoms with van der Waals surface area (Å²) in [6, 6.07) is 24.7. The zero-order valence-corrected chi connectivity index (χ0v) is 12.9. The molecule has 23 heavy (non-hydrogen) atoms. The second-order valence-electron chi connectivity index (χ2n) is 5.61. The molecular formula is C22H15N. The van der Waals surface area contributed by atoms with Gasteiger partial charge in [0, 0.05) is 27.6 Å². The number of aryl methyl sites for hydroxylation is 1. The Hall–Kier alpha value is -3.11. The van der Waals surface area contributed by atoms with Gasteiger partial charge in [0.15, 0.2) is 0 Å². The molecule has 108 valence electrons. The van der Waals surface area contributed by atoms with E-state index in [1.165, 1.54) is 0 Å². The fourth-order valence-corrected chi connectivity index (χ4v) is 2.82. The van der Waals surface area contributed by atoms with E-state index in [4.69, 9.17) is 4.98 Å². The van der Waals surface area contributed by atoms with Crippen molar-refractivity contribution >= 4 is 21.7 Å². The fourth-order valence-electron chi connectivity index (χ4n) is 2.82. The smallest absolute Gasteiger partial charge is 0.0784 e. The molecule has 3 aromatic carbocycles. The summed E-state index contributed by atoms with van der Waals surface area (Å²) in [7, 11) is 0. The maximum atomic E-state index is 4.72. The van der Waals surface area contributed by atoms with Gasteiger partial charge in [-0.3, -0.25) is 4.98 Å². The first kappa shape index (κ1) is 13.5. The van der Waals surface area contributed by atoms with Gasteiger partial charge in [0.25, 0.3) is 0 Å². The van der Waals surface area contributed by atoms with Gasteiger partial charge in [0.05, 0.1) is 5.52 Å². The van der Waals surface area contributed by atoms with Crippen molar-refractivity contribution in [3.05, 3.63) is 89.6 Å². The third kappa shape index (κ3) is 2.56. The van der Waals surface area contributed by atoms with Gasteiger partial charge in [-0.2, -0.15) is 0 Å². The van der Waals surface area contributed by atoms with Crippen molar-refractivity contribution in [3.8, 4) is 11.8 Å². The second-order valence-corrected chi connectivity index (χ2v) is 5.61. The average molecular weight is 293 g/mol. The summed E-state index contributed by atoms with van der Waals surface area (Å²) in [5.41, 5.74) is 4.15. The molecule has 1 nitrogen and oxygen atoms in total. The Labute approximate surface area is 135 Å². The average Bonchev–Trinajstić information content (AvgIpc) is 2.61. The van der Waals surface area contributed by atoms with Gasteiger partial charge < -0.3 is 0 Å². The molecule has 0 aliphatic carbocycles. The van der Waals surface area contributed by atoms with Gasteiger partial charge in [-0.05, 0) is 36.6 Å². The first-order chi connectivity index (χ1) is 11.3. The summed E-state index contributed by atoms with van der Waals surface area (Å²) in [6.07, 6.45) is 0. The van der Waals surface area contributed by atoms with Gasteiger partial charge in [-0.15, -0.1) is 0 Å². The third-order valence-corrected chi connectivity index (χ3v) is 3.95. The minimum Gasteiger partial charge on any atom is -0.252 e. The fraction of sp³-hybridized carbons (Fsp3) is 0.0455. The number of fused-ring (bicyclic) bond motifs is 3. The van der Waals surface area contributed by atoms with Crippen LogP contribution in [-0.2, 0) is 0 Å². The molecule has 0 aliphatic rings. The van der Waals surface area contributed by atoms with E-state index in [-0.39, 0.29) is 0 Å². The van der Waals surface area contributed by atoms with E-state index >= 15 is 0 Å². The highest BCUT2D eigenvalue weighted by molar-refractivity contribution is 6.07. The highest BCUT2D eigenvalue weighted by atomic mass is 14.7. The minimum atomic E-state index is 1.03. The van der Waals surface area contributed by atoms with E-state index in [1.807, 2.05) is 43.3 Å². The largest absolute Gasteiger partial charge is 0.252 e. The Kier molecular flexibility index (Phi) is 3.29. The van der Waals surface area contributed by atoms with E-state index in [9.17, 15) is 0 Å². The number of pyridine rings is 1. The molecule has 0 atom stereocenters. The molecule has 0 radical (unpaired) electrons. The number of hydrogen-bond acceptors (Lipinski definition) is 1. The summed E-state index contributed by atoms with van der Waals surface area (Å²) < 4.78 is 0. The minimum absolute atomic E-state index is 1.03. The summed E-state index contributed by atoms with van der Waals surface area (Å²) in [5.74, 6) is 6.59. The lowest BCUT2D eigenvalue weighted by Crippen LogP contribution is -1.88. The first-order valence-corrected chi connectivity index (χ1v) is 7.67.